The highest BCUT2D eigenvalue weighted by atomic mass is 16.5. The first-order valence-electron chi connectivity index (χ1n) is 15.5. The summed E-state index contributed by atoms with van der Waals surface area (Å²) < 4.78 is 6.84. The van der Waals surface area contributed by atoms with E-state index in [1.165, 1.54) is 0 Å². The predicted octanol–water partition coefficient (Wildman–Crippen LogP) is 4.43. The number of amides is 3. The fourth-order valence-corrected chi connectivity index (χ4v) is 7.52. The highest BCUT2D eigenvalue weighted by Gasteiger charge is 2.78. The largest absolute Gasteiger partial charge is 0.396 e. The van der Waals surface area contributed by atoms with Gasteiger partial charge >= 0.3 is 0 Å². The molecule has 0 radical (unpaired) electrons. The van der Waals surface area contributed by atoms with Crippen molar-refractivity contribution in [1.29, 1.82) is 0 Å². The van der Waals surface area contributed by atoms with Crippen molar-refractivity contribution in [2.24, 2.45) is 11.8 Å². The number of aliphatic hydroxyl groups is 1. The number of nitrogens with zero attached hydrogens (tertiary/aromatic N) is 2. The number of fused-ring (bicyclic) bond motifs is 1. The third-order valence-corrected chi connectivity index (χ3v) is 9.57. The van der Waals surface area contributed by atoms with E-state index in [-0.39, 0.29) is 24.3 Å². The van der Waals surface area contributed by atoms with Gasteiger partial charge in [0.2, 0.25) is 17.7 Å². The molecular formula is C33H44N4O5. The van der Waals surface area contributed by atoms with E-state index < -0.39 is 29.1 Å². The molecule has 2 unspecified atom stereocenters. The van der Waals surface area contributed by atoms with Crippen LogP contribution in [0.1, 0.15) is 59.3 Å². The fraction of sp³-hybridized carbons (Fsp3) is 0.545. The summed E-state index contributed by atoms with van der Waals surface area (Å²) in [5.74, 6) is -2.17. The van der Waals surface area contributed by atoms with Crippen LogP contribution >= 0.6 is 0 Å². The van der Waals surface area contributed by atoms with Crippen LogP contribution in [0.2, 0.25) is 0 Å². The van der Waals surface area contributed by atoms with Gasteiger partial charge in [-0.05, 0) is 88.8 Å². The SMILES string of the molecule is CCN(CC)c1ccc(NC(=O)C2N(CCCCCO)C(=O)[C@@H]3[C@@H](C(=O)Nc4ccccc4)[C@@]4(CC)CCC23O4)cc1. The Morgan fingerprint density at radius 2 is 1.60 bits per heavy atom. The second kappa shape index (κ2) is 12.4. The maximum absolute atomic E-state index is 14.2. The summed E-state index contributed by atoms with van der Waals surface area (Å²) in [7, 11) is 0. The van der Waals surface area contributed by atoms with E-state index in [2.05, 4.69) is 29.4 Å². The summed E-state index contributed by atoms with van der Waals surface area (Å²) in [4.78, 5) is 46.1. The Morgan fingerprint density at radius 1 is 0.929 bits per heavy atom. The molecule has 3 fully saturated rings. The van der Waals surface area contributed by atoms with Crippen LogP contribution in [0.3, 0.4) is 0 Å². The Balaban J connectivity index is 1.45. The van der Waals surface area contributed by atoms with E-state index >= 15 is 0 Å². The van der Waals surface area contributed by atoms with Crippen molar-refractivity contribution in [2.45, 2.75) is 76.5 Å². The van der Waals surface area contributed by atoms with Gasteiger partial charge in [0.1, 0.15) is 11.6 Å². The number of benzene rings is 2. The number of ether oxygens (including phenoxy) is 1. The smallest absolute Gasteiger partial charge is 0.250 e. The molecule has 2 aromatic rings. The summed E-state index contributed by atoms with van der Waals surface area (Å²) in [6, 6.07) is 16.1. The van der Waals surface area contributed by atoms with E-state index in [9.17, 15) is 19.5 Å². The van der Waals surface area contributed by atoms with Crippen molar-refractivity contribution in [2.75, 3.05) is 41.8 Å². The van der Waals surface area contributed by atoms with Crippen LogP contribution in [0.5, 0.6) is 0 Å². The first kappa shape index (κ1) is 30.0. The first-order chi connectivity index (χ1) is 20.3. The molecule has 0 aliphatic carbocycles. The summed E-state index contributed by atoms with van der Waals surface area (Å²) in [6.45, 7) is 8.42. The second-order valence-corrected chi connectivity index (χ2v) is 11.7. The summed E-state index contributed by atoms with van der Waals surface area (Å²) in [5.41, 5.74) is 0.521. The van der Waals surface area contributed by atoms with Crippen LogP contribution < -0.4 is 15.5 Å². The molecule has 2 bridgehead atoms. The number of nitrogens with one attached hydrogen (secondary N) is 2. The summed E-state index contributed by atoms with van der Waals surface area (Å²) in [6.07, 6.45) is 3.74. The quantitative estimate of drug-likeness (QED) is 0.305. The van der Waals surface area contributed by atoms with Gasteiger partial charge in [0.15, 0.2) is 0 Å². The number of likely N-dealkylation sites (tertiary alicyclic amines) is 1. The lowest BCUT2D eigenvalue weighted by Crippen LogP contribution is -2.53. The zero-order chi connectivity index (χ0) is 29.9. The summed E-state index contributed by atoms with van der Waals surface area (Å²) >= 11 is 0. The molecule has 0 saturated carbocycles. The molecule has 3 N–H and O–H groups in total. The van der Waals surface area contributed by atoms with E-state index in [0.717, 1.165) is 25.2 Å². The minimum Gasteiger partial charge on any atom is -0.396 e. The Morgan fingerprint density at radius 3 is 2.24 bits per heavy atom. The van der Waals surface area contributed by atoms with Gasteiger partial charge in [-0.1, -0.05) is 25.1 Å². The van der Waals surface area contributed by atoms with E-state index in [1.54, 1.807) is 4.90 Å². The van der Waals surface area contributed by atoms with E-state index in [4.69, 9.17) is 4.74 Å². The molecule has 42 heavy (non-hydrogen) atoms. The Bertz CT molecular complexity index is 1270. The van der Waals surface area contributed by atoms with Gasteiger partial charge in [0, 0.05) is 43.3 Å². The zero-order valence-corrected chi connectivity index (χ0v) is 25.0. The Hall–Kier alpha value is -3.43. The molecule has 1 spiro atoms. The monoisotopic (exact) mass is 576 g/mol. The average Bonchev–Trinajstić information content (AvgIpc) is 3.61. The topological polar surface area (TPSA) is 111 Å². The lowest BCUT2D eigenvalue weighted by Gasteiger charge is -2.34. The molecule has 3 heterocycles. The predicted molar refractivity (Wildman–Crippen MR) is 163 cm³/mol. The van der Waals surface area contributed by atoms with Gasteiger partial charge in [-0.3, -0.25) is 14.4 Å². The molecule has 0 aromatic heterocycles. The maximum atomic E-state index is 14.2. The van der Waals surface area contributed by atoms with Crippen molar-refractivity contribution >= 4 is 34.8 Å². The third-order valence-electron chi connectivity index (χ3n) is 9.57. The lowest BCUT2D eigenvalue weighted by molar-refractivity contribution is -0.144. The van der Waals surface area contributed by atoms with Gasteiger partial charge < -0.3 is 30.3 Å². The van der Waals surface area contributed by atoms with Crippen molar-refractivity contribution in [1.82, 2.24) is 4.90 Å². The van der Waals surface area contributed by atoms with Crippen molar-refractivity contribution < 1.29 is 24.2 Å². The number of unbranched alkanes of at least 4 members (excludes halogenated alkanes) is 2. The van der Waals surface area contributed by atoms with E-state index in [0.29, 0.717) is 50.0 Å². The third kappa shape index (κ3) is 5.17. The van der Waals surface area contributed by atoms with Gasteiger partial charge in [0.25, 0.3) is 0 Å². The second-order valence-electron chi connectivity index (χ2n) is 11.7. The van der Waals surface area contributed by atoms with Crippen LogP contribution in [0.4, 0.5) is 17.1 Å². The minimum absolute atomic E-state index is 0.0811. The van der Waals surface area contributed by atoms with Crippen LogP contribution in [-0.2, 0) is 19.1 Å². The first-order valence-corrected chi connectivity index (χ1v) is 15.5. The van der Waals surface area contributed by atoms with Crippen molar-refractivity contribution in [3.63, 3.8) is 0 Å². The summed E-state index contributed by atoms with van der Waals surface area (Å²) in [5, 5.41) is 15.4. The lowest BCUT2D eigenvalue weighted by atomic mass is 9.65. The number of para-hydroxylation sites is 1. The number of carbonyl (C=O) groups excluding carboxylic acids is 3. The number of carbonyl (C=O) groups is 3. The minimum atomic E-state index is -1.08. The molecule has 3 saturated heterocycles. The number of anilines is 3. The Labute approximate surface area is 248 Å². The molecule has 3 aliphatic rings. The van der Waals surface area contributed by atoms with Crippen molar-refractivity contribution in [3.8, 4) is 0 Å². The standard InChI is InChI=1S/C33H44N4O5/c1-4-32-19-20-33(42-32)27(26(32)29(39)34-23-13-9-7-10-14-23)31(41)37(21-11-8-12-22-38)28(33)30(40)35-24-15-17-25(18-16-24)36(5-2)6-3/h7,9-10,13-18,26-28,38H,4-6,8,11-12,19-22H2,1-3H3,(H,34,39)(H,35,40)/t26-,27-,28?,32+,33?/m0/s1. The van der Waals surface area contributed by atoms with Gasteiger partial charge in [-0.2, -0.15) is 0 Å². The number of hydrogen-bond acceptors (Lipinski definition) is 6. The molecule has 3 aliphatic heterocycles. The van der Waals surface area contributed by atoms with E-state index in [1.807, 2.05) is 61.5 Å². The van der Waals surface area contributed by atoms with Crippen LogP contribution in [0.15, 0.2) is 54.6 Å². The molecule has 5 atom stereocenters. The molecule has 2 aromatic carbocycles. The molecular weight excluding hydrogens is 532 g/mol. The fourth-order valence-electron chi connectivity index (χ4n) is 7.52. The van der Waals surface area contributed by atoms with Gasteiger partial charge in [-0.15, -0.1) is 0 Å². The molecule has 226 valence electrons. The highest BCUT2D eigenvalue weighted by molar-refractivity contribution is 6.05. The number of aliphatic hydroxyl groups excluding tert-OH is 1. The van der Waals surface area contributed by atoms with Crippen LogP contribution in [0, 0.1) is 11.8 Å². The average molecular weight is 577 g/mol. The molecule has 3 amide bonds. The molecule has 5 rings (SSSR count). The normalized spacial score (nSPS) is 27.7. The van der Waals surface area contributed by atoms with Crippen LogP contribution in [-0.4, -0.2) is 71.2 Å². The van der Waals surface area contributed by atoms with Crippen LogP contribution in [0.25, 0.3) is 0 Å². The maximum Gasteiger partial charge on any atom is 0.250 e. The molecule has 9 heteroatoms. The van der Waals surface area contributed by atoms with Gasteiger partial charge in [-0.25, -0.2) is 0 Å². The number of hydrogen-bond donors (Lipinski definition) is 3. The molecule has 9 nitrogen and oxygen atoms in total. The van der Waals surface area contributed by atoms with Gasteiger partial charge in [0.05, 0.1) is 17.4 Å². The number of rotatable bonds is 13. The van der Waals surface area contributed by atoms with Crippen molar-refractivity contribution in [3.05, 3.63) is 54.6 Å². The highest BCUT2D eigenvalue weighted by Crippen LogP contribution is 2.64. The zero-order valence-electron chi connectivity index (χ0n) is 25.0. The Kier molecular flexibility index (Phi) is 8.89.